The number of hydrogen-bond donors (Lipinski definition) is 2. The largest absolute Gasteiger partial charge is 0.458 e. The Balaban J connectivity index is 3.13. The minimum atomic E-state index is -1.18. The summed E-state index contributed by atoms with van der Waals surface area (Å²) >= 11 is 0. The standard InChI is InChI=1S/C16H25N3O6/c1-15(2,3)24-12(21)10-7-9(8-18-13(17)22)11(20)19(10)14(23)25-16(4,5)6/h8,10H,7H2,1-6H3,(H3,17,18,22)/b9-8-. The summed E-state index contributed by atoms with van der Waals surface area (Å²) in [4.78, 5) is 48.8. The Morgan fingerprint density at radius 2 is 1.64 bits per heavy atom. The van der Waals surface area contributed by atoms with Crippen molar-refractivity contribution in [3.63, 3.8) is 0 Å². The Bertz CT molecular complexity index is 612. The van der Waals surface area contributed by atoms with Crippen molar-refractivity contribution in [3.8, 4) is 0 Å². The van der Waals surface area contributed by atoms with Crippen molar-refractivity contribution in [1.29, 1.82) is 0 Å². The lowest BCUT2D eigenvalue weighted by molar-refractivity contribution is -0.161. The molecule has 0 aliphatic carbocycles. The van der Waals surface area contributed by atoms with Crippen LogP contribution in [0.25, 0.3) is 0 Å². The van der Waals surface area contributed by atoms with Gasteiger partial charge in [-0.1, -0.05) is 0 Å². The van der Waals surface area contributed by atoms with Crippen LogP contribution < -0.4 is 11.1 Å². The topological polar surface area (TPSA) is 128 Å². The molecule has 1 unspecified atom stereocenters. The number of imide groups is 1. The van der Waals surface area contributed by atoms with Gasteiger partial charge in [0.25, 0.3) is 5.91 Å². The molecule has 1 rings (SSSR count). The van der Waals surface area contributed by atoms with Gasteiger partial charge in [-0.05, 0) is 41.5 Å². The van der Waals surface area contributed by atoms with Gasteiger partial charge in [0.15, 0.2) is 0 Å². The van der Waals surface area contributed by atoms with Gasteiger partial charge in [-0.2, -0.15) is 0 Å². The number of amides is 4. The third-order valence-electron chi connectivity index (χ3n) is 2.88. The summed E-state index contributed by atoms with van der Waals surface area (Å²) in [7, 11) is 0. The second-order valence-corrected chi connectivity index (χ2v) is 7.59. The molecule has 1 fully saturated rings. The Labute approximate surface area is 146 Å². The highest BCUT2D eigenvalue weighted by Crippen LogP contribution is 2.28. The van der Waals surface area contributed by atoms with Crippen molar-refractivity contribution in [2.75, 3.05) is 0 Å². The van der Waals surface area contributed by atoms with Gasteiger partial charge in [0.2, 0.25) is 0 Å². The van der Waals surface area contributed by atoms with Crippen molar-refractivity contribution in [3.05, 3.63) is 11.8 Å². The summed E-state index contributed by atoms with van der Waals surface area (Å²) in [6.45, 7) is 9.93. The van der Waals surface area contributed by atoms with E-state index >= 15 is 0 Å². The lowest BCUT2D eigenvalue weighted by atomic mass is 10.1. The smallest absolute Gasteiger partial charge is 0.418 e. The van der Waals surface area contributed by atoms with E-state index in [0.29, 0.717) is 4.90 Å². The van der Waals surface area contributed by atoms with Gasteiger partial charge in [0.1, 0.15) is 17.2 Å². The van der Waals surface area contributed by atoms with Crippen LogP contribution in [0.3, 0.4) is 0 Å². The van der Waals surface area contributed by atoms with E-state index in [0.717, 1.165) is 6.20 Å². The number of nitrogens with one attached hydrogen (secondary N) is 1. The molecular formula is C16H25N3O6. The fourth-order valence-electron chi connectivity index (χ4n) is 2.04. The molecule has 1 heterocycles. The third-order valence-corrected chi connectivity index (χ3v) is 2.88. The first-order valence-electron chi connectivity index (χ1n) is 7.75. The van der Waals surface area contributed by atoms with Crippen molar-refractivity contribution in [1.82, 2.24) is 10.2 Å². The van der Waals surface area contributed by atoms with Gasteiger partial charge in [-0.15, -0.1) is 0 Å². The van der Waals surface area contributed by atoms with Gasteiger partial charge in [-0.25, -0.2) is 19.3 Å². The monoisotopic (exact) mass is 355 g/mol. The summed E-state index contributed by atoms with van der Waals surface area (Å²) in [6, 6.07) is -2.05. The first-order chi connectivity index (χ1) is 11.2. The number of rotatable bonds is 2. The number of hydrogen-bond acceptors (Lipinski definition) is 6. The number of ether oxygens (including phenoxy) is 2. The van der Waals surface area contributed by atoms with Gasteiger partial charge < -0.3 is 20.5 Å². The van der Waals surface area contributed by atoms with E-state index in [1.807, 2.05) is 0 Å². The third kappa shape index (κ3) is 6.09. The molecule has 1 atom stereocenters. The summed E-state index contributed by atoms with van der Waals surface area (Å²) in [6.07, 6.45) is -0.00418. The second-order valence-electron chi connectivity index (χ2n) is 7.59. The van der Waals surface area contributed by atoms with Crippen molar-refractivity contribution >= 4 is 24.0 Å². The molecule has 140 valence electrons. The second kappa shape index (κ2) is 7.12. The molecule has 1 aliphatic rings. The maximum absolute atomic E-state index is 12.5. The van der Waals surface area contributed by atoms with Crippen LogP contribution in [0, 0.1) is 0 Å². The van der Waals surface area contributed by atoms with E-state index in [2.05, 4.69) is 5.32 Å². The van der Waals surface area contributed by atoms with Crippen molar-refractivity contribution in [2.24, 2.45) is 5.73 Å². The number of likely N-dealkylation sites (tertiary alicyclic amines) is 1. The fourth-order valence-corrected chi connectivity index (χ4v) is 2.04. The number of urea groups is 1. The van der Waals surface area contributed by atoms with Crippen LogP contribution in [-0.4, -0.2) is 46.1 Å². The van der Waals surface area contributed by atoms with Crippen LogP contribution in [0.5, 0.6) is 0 Å². The van der Waals surface area contributed by atoms with Crippen LogP contribution in [0.15, 0.2) is 11.8 Å². The maximum atomic E-state index is 12.5. The lowest BCUT2D eigenvalue weighted by Gasteiger charge is -2.28. The van der Waals surface area contributed by atoms with E-state index in [4.69, 9.17) is 15.2 Å². The van der Waals surface area contributed by atoms with Crippen LogP contribution >= 0.6 is 0 Å². The zero-order valence-corrected chi connectivity index (χ0v) is 15.3. The number of carbonyl (C=O) groups is 4. The molecule has 0 spiro atoms. The molecule has 0 aromatic rings. The fraction of sp³-hybridized carbons (Fsp3) is 0.625. The lowest BCUT2D eigenvalue weighted by Crippen LogP contribution is -2.47. The van der Waals surface area contributed by atoms with Crippen molar-refractivity contribution < 1.29 is 28.7 Å². The predicted molar refractivity (Wildman–Crippen MR) is 88.1 cm³/mol. The summed E-state index contributed by atoms with van der Waals surface area (Å²) < 4.78 is 10.5. The van der Waals surface area contributed by atoms with Crippen molar-refractivity contribution in [2.45, 2.75) is 65.2 Å². The van der Waals surface area contributed by atoms with E-state index < -0.39 is 41.2 Å². The highest BCUT2D eigenvalue weighted by molar-refractivity contribution is 6.09. The van der Waals surface area contributed by atoms with E-state index in [-0.39, 0.29) is 12.0 Å². The SMILES string of the molecule is CC(C)(C)OC(=O)C1C/C(=C/NC(N)=O)C(=O)N1C(=O)OC(C)(C)C. The molecule has 1 aliphatic heterocycles. The molecule has 9 heteroatoms. The normalized spacial score (nSPS) is 19.8. The quantitative estimate of drug-likeness (QED) is 0.569. The Kier molecular flexibility index (Phi) is 5.83. The molecule has 0 aromatic heterocycles. The van der Waals surface area contributed by atoms with Gasteiger partial charge >= 0.3 is 18.1 Å². The van der Waals surface area contributed by atoms with Crippen LogP contribution in [0.4, 0.5) is 9.59 Å². The molecule has 3 N–H and O–H groups in total. The Morgan fingerprint density at radius 3 is 2.08 bits per heavy atom. The van der Waals surface area contributed by atoms with Crippen LogP contribution in [0.2, 0.25) is 0 Å². The summed E-state index contributed by atoms with van der Waals surface area (Å²) in [5, 5.41) is 2.16. The Morgan fingerprint density at radius 1 is 1.12 bits per heavy atom. The predicted octanol–water partition coefficient (Wildman–Crippen LogP) is 1.42. The average molecular weight is 355 g/mol. The highest BCUT2D eigenvalue weighted by Gasteiger charge is 2.47. The zero-order chi connectivity index (χ0) is 19.6. The number of nitrogens with two attached hydrogens (primary N) is 1. The minimum absolute atomic E-state index is 0.0421. The van der Waals surface area contributed by atoms with Gasteiger partial charge in [-0.3, -0.25) is 4.79 Å². The molecule has 0 radical (unpaired) electrons. The average Bonchev–Trinajstić information content (AvgIpc) is 2.69. The molecule has 0 aromatic carbocycles. The van der Waals surface area contributed by atoms with E-state index in [1.54, 1.807) is 41.5 Å². The summed E-state index contributed by atoms with van der Waals surface area (Å²) in [5.74, 6) is -1.49. The zero-order valence-electron chi connectivity index (χ0n) is 15.3. The number of carbonyl (C=O) groups excluding carboxylic acids is 4. The molecular weight excluding hydrogens is 330 g/mol. The molecule has 9 nitrogen and oxygen atoms in total. The molecule has 4 amide bonds. The summed E-state index contributed by atoms with van der Waals surface area (Å²) in [5.41, 5.74) is 3.36. The number of nitrogens with zero attached hydrogens (tertiary/aromatic N) is 1. The van der Waals surface area contributed by atoms with Gasteiger partial charge in [0, 0.05) is 18.2 Å². The molecule has 0 bridgehead atoms. The van der Waals surface area contributed by atoms with Gasteiger partial charge in [0.05, 0.1) is 0 Å². The first kappa shape index (κ1) is 20.5. The van der Waals surface area contributed by atoms with Crippen LogP contribution in [-0.2, 0) is 19.1 Å². The van der Waals surface area contributed by atoms with Crippen LogP contribution in [0.1, 0.15) is 48.0 Å². The highest BCUT2D eigenvalue weighted by atomic mass is 16.6. The minimum Gasteiger partial charge on any atom is -0.458 e. The molecule has 1 saturated heterocycles. The molecule has 0 saturated carbocycles. The Hall–Kier alpha value is -2.58. The van der Waals surface area contributed by atoms with E-state index in [9.17, 15) is 19.2 Å². The number of primary amides is 1. The maximum Gasteiger partial charge on any atom is 0.418 e. The first-order valence-corrected chi connectivity index (χ1v) is 7.75. The van der Waals surface area contributed by atoms with E-state index in [1.165, 1.54) is 0 Å². The number of esters is 1. The molecule has 25 heavy (non-hydrogen) atoms.